The maximum absolute atomic E-state index is 10.6. The number of nitrogens with zero attached hydrogens (tertiary/aromatic N) is 4. The number of aromatic nitrogens is 3. The van der Waals surface area contributed by atoms with Gasteiger partial charge in [0.05, 0.1) is 17.5 Å². The molecule has 0 spiro atoms. The monoisotopic (exact) mass is 344 g/mol. The van der Waals surface area contributed by atoms with Crippen LogP contribution in [0.25, 0.3) is 4.96 Å². The standard InChI is InChI=1S/C17H20N4O2S/c1-2-23-13-7-5-12(6-8-13)14(20-9-3-4-10-20)15-16(22)21-17(24-15)18-11-19-21/h5-8,11,14,22H,2-4,9-10H2,1H3. The Morgan fingerprint density at radius 1 is 1.25 bits per heavy atom. The fraction of sp³-hybridized carbons (Fsp3) is 0.412. The molecule has 4 rings (SSSR count). The molecule has 0 radical (unpaired) electrons. The van der Waals surface area contributed by atoms with Crippen LogP contribution in [0.1, 0.15) is 36.2 Å². The zero-order valence-electron chi connectivity index (χ0n) is 13.6. The molecule has 126 valence electrons. The lowest BCUT2D eigenvalue weighted by atomic mass is 10.0. The Balaban J connectivity index is 1.76. The molecule has 1 aliphatic rings. The highest BCUT2D eigenvalue weighted by atomic mass is 32.1. The van der Waals surface area contributed by atoms with Crippen molar-refractivity contribution in [1.29, 1.82) is 0 Å². The van der Waals surface area contributed by atoms with Crippen LogP contribution in [0.2, 0.25) is 0 Å². The summed E-state index contributed by atoms with van der Waals surface area (Å²) in [5, 5.41) is 14.7. The number of benzene rings is 1. The fourth-order valence-corrected chi connectivity index (χ4v) is 4.40. The van der Waals surface area contributed by atoms with Gasteiger partial charge in [-0.25, -0.2) is 4.98 Å². The molecule has 3 heterocycles. The van der Waals surface area contributed by atoms with Crippen molar-refractivity contribution in [1.82, 2.24) is 19.5 Å². The van der Waals surface area contributed by atoms with Crippen molar-refractivity contribution < 1.29 is 9.84 Å². The van der Waals surface area contributed by atoms with E-state index in [2.05, 4.69) is 27.1 Å². The predicted octanol–water partition coefficient (Wildman–Crippen LogP) is 3.08. The normalized spacial score (nSPS) is 16.7. The molecule has 24 heavy (non-hydrogen) atoms. The van der Waals surface area contributed by atoms with Gasteiger partial charge in [0.2, 0.25) is 10.8 Å². The van der Waals surface area contributed by atoms with Gasteiger partial charge < -0.3 is 9.84 Å². The summed E-state index contributed by atoms with van der Waals surface area (Å²) in [7, 11) is 0. The highest BCUT2D eigenvalue weighted by Gasteiger charge is 2.30. The van der Waals surface area contributed by atoms with Crippen LogP contribution in [0.3, 0.4) is 0 Å². The van der Waals surface area contributed by atoms with Gasteiger partial charge in [-0.3, -0.25) is 4.90 Å². The third kappa shape index (κ3) is 2.63. The van der Waals surface area contributed by atoms with E-state index in [0.717, 1.165) is 34.2 Å². The Labute approximate surface area is 144 Å². The molecule has 1 aromatic carbocycles. The Hall–Kier alpha value is -2.12. The molecule has 0 aliphatic carbocycles. The molecular formula is C17H20N4O2S. The van der Waals surface area contributed by atoms with Crippen molar-refractivity contribution in [2.45, 2.75) is 25.8 Å². The SMILES string of the molecule is CCOc1ccc(C(c2sc3ncnn3c2O)N2CCCC2)cc1. The summed E-state index contributed by atoms with van der Waals surface area (Å²) in [6.45, 7) is 4.70. The molecule has 3 aromatic rings. The molecule has 6 nitrogen and oxygen atoms in total. The van der Waals surface area contributed by atoms with Crippen LogP contribution in [0.5, 0.6) is 11.6 Å². The minimum absolute atomic E-state index is 0.0247. The molecule has 1 atom stereocenters. The first-order valence-electron chi connectivity index (χ1n) is 8.26. The average molecular weight is 344 g/mol. The quantitative estimate of drug-likeness (QED) is 0.771. The number of hydrogen-bond donors (Lipinski definition) is 1. The van der Waals surface area contributed by atoms with E-state index in [1.54, 1.807) is 0 Å². The fourth-order valence-electron chi connectivity index (χ4n) is 3.31. The van der Waals surface area contributed by atoms with Gasteiger partial charge in [0, 0.05) is 0 Å². The van der Waals surface area contributed by atoms with Crippen molar-refractivity contribution in [3.05, 3.63) is 41.0 Å². The zero-order valence-corrected chi connectivity index (χ0v) is 14.4. The first-order valence-corrected chi connectivity index (χ1v) is 9.07. The molecule has 1 unspecified atom stereocenters. The zero-order chi connectivity index (χ0) is 16.5. The Morgan fingerprint density at radius 2 is 2.00 bits per heavy atom. The lowest BCUT2D eigenvalue weighted by molar-refractivity contribution is 0.276. The second-order valence-corrected chi connectivity index (χ2v) is 6.90. The van der Waals surface area contributed by atoms with Gasteiger partial charge in [-0.1, -0.05) is 23.5 Å². The second-order valence-electron chi connectivity index (χ2n) is 5.89. The predicted molar refractivity (Wildman–Crippen MR) is 92.8 cm³/mol. The topological polar surface area (TPSA) is 62.9 Å². The average Bonchev–Trinajstić information content (AvgIpc) is 3.31. The van der Waals surface area contributed by atoms with Gasteiger partial charge >= 0.3 is 0 Å². The van der Waals surface area contributed by atoms with Crippen molar-refractivity contribution in [3.63, 3.8) is 0 Å². The van der Waals surface area contributed by atoms with E-state index < -0.39 is 0 Å². The first kappa shape index (κ1) is 15.4. The van der Waals surface area contributed by atoms with Gasteiger partial charge in [-0.15, -0.1) is 0 Å². The molecule has 1 N–H and O–H groups in total. The highest BCUT2D eigenvalue weighted by molar-refractivity contribution is 7.17. The molecule has 0 amide bonds. The number of aromatic hydroxyl groups is 1. The number of likely N-dealkylation sites (tertiary alicyclic amines) is 1. The van der Waals surface area contributed by atoms with Crippen molar-refractivity contribution in [2.75, 3.05) is 19.7 Å². The van der Waals surface area contributed by atoms with Gasteiger partial charge in [-0.05, 0) is 50.6 Å². The van der Waals surface area contributed by atoms with Gasteiger partial charge in [0.25, 0.3) is 0 Å². The van der Waals surface area contributed by atoms with E-state index in [-0.39, 0.29) is 11.9 Å². The van der Waals surface area contributed by atoms with Crippen LogP contribution in [0.15, 0.2) is 30.6 Å². The number of fused-ring (bicyclic) bond motifs is 1. The minimum Gasteiger partial charge on any atom is -0.494 e. The van der Waals surface area contributed by atoms with E-state index in [4.69, 9.17) is 4.74 Å². The van der Waals surface area contributed by atoms with Crippen LogP contribution < -0.4 is 4.74 Å². The van der Waals surface area contributed by atoms with E-state index in [1.807, 2.05) is 19.1 Å². The summed E-state index contributed by atoms with van der Waals surface area (Å²) < 4.78 is 7.06. The number of ether oxygens (including phenoxy) is 1. The molecule has 7 heteroatoms. The lowest BCUT2D eigenvalue weighted by Gasteiger charge is -2.27. The van der Waals surface area contributed by atoms with Crippen molar-refractivity contribution in [2.24, 2.45) is 0 Å². The molecule has 1 fully saturated rings. The summed E-state index contributed by atoms with van der Waals surface area (Å²) in [6.07, 6.45) is 3.85. The van der Waals surface area contributed by atoms with E-state index in [1.165, 1.54) is 35.0 Å². The van der Waals surface area contributed by atoms with Crippen molar-refractivity contribution >= 4 is 16.3 Å². The Kier molecular flexibility index (Phi) is 4.12. The van der Waals surface area contributed by atoms with Crippen LogP contribution in [-0.2, 0) is 0 Å². The third-order valence-corrected chi connectivity index (χ3v) is 5.49. The second kappa shape index (κ2) is 6.41. The summed E-state index contributed by atoms with van der Waals surface area (Å²) in [4.78, 5) is 8.25. The van der Waals surface area contributed by atoms with Crippen LogP contribution in [0, 0.1) is 0 Å². The van der Waals surface area contributed by atoms with E-state index in [9.17, 15) is 5.11 Å². The molecule has 0 bridgehead atoms. The van der Waals surface area contributed by atoms with Crippen molar-refractivity contribution in [3.8, 4) is 11.6 Å². The van der Waals surface area contributed by atoms with Gasteiger partial charge in [0.1, 0.15) is 12.1 Å². The van der Waals surface area contributed by atoms with Crippen LogP contribution in [-0.4, -0.2) is 44.3 Å². The summed E-state index contributed by atoms with van der Waals surface area (Å²) in [5.41, 5.74) is 1.15. The van der Waals surface area contributed by atoms with Crippen LogP contribution >= 0.6 is 11.3 Å². The Bertz CT molecular complexity index is 821. The number of thiazole rings is 1. The van der Waals surface area contributed by atoms with Gasteiger partial charge in [0.15, 0.2) is 0 Å². The molecule has 1 aliphatic heterocycles. The first-order chi connectivity index (χ1) is 11.8. The number of hydrogen-bond acceptors (Lipinski definition) is 6. The maximum atomic E-state index is 10.6. The molecule has 2 aromatic heterocycles. The van der Waals surface area contributed by atoms with Gasteiger partial charge in [-0.2, -0.15) is 9.61 Å². The Morgan fingerprint density at radius 3 is 2.67 bits per heavy atom. The van der Waals surface area contributed by atoms with E-state index >= 15 is 0 Å². The highest BCUT2D eigenvalue weighted by Crippen LogP contribution is 2.41. The smallest absolute Gasteiger partial charge is 0.230 e. The third-order valence-electron chi connectivity index (χ3n) is 4.40. The largest absolute Gasteiger partial charge is 0.494 e. The molecular weight excluding hydrogens is 324 g/mol. The van der Waals surface area contributed by atoms with E-state index in [0.29, 0.717) is 6.61 Å². The summed E-state index contributed by atoms with van der Waals surface area (Å²) >= 11 is 1.50. The molecule has 0 saturated carbocycles. The summed E-state index contributed by atoms with van der Waals surface area (Å²) in [6, 6.07) is 8.19. The minimum atomic E-state index is 0.0247. The number of rotatable bonds is 5. The lowest BCUT2D eigenvalue weighted by Crippen LogP contribution is -2.26. The summed E-state index contributed by atoms with van der Waals surface area (Å²) in [5.74, 6) is 1.06. The molecule has 1 saturated heterocycles. The van der Waals surface area contributed by atoms with Crippen LogP contribution in [0.4, 0.5) is 0 Å². The maximum Gasteiger partial charge on any atom is 0.230 e.